The fraction of sp³-hybridized carbons (Fsp3) is 0.333. The van der Waals surface area contributed by atoms with Crippen LogP contribution in [0.15, 0.2) is 29.3 Å². The van der Waals surface area contributed by atoms with Crippen LogP contribution in [0.25, 0.3) is 11.3 Å². The van der Waals surface area contributed by atoms with Gasteiger partial charge in [-0.1, -0.05) is 13.8 Å². The topological polar surface area (TPSA) is 71.5 Å². The van der Waals surface area contributed by atoms with Crippen LogP contribution in [0.1, 0.15) is 30.5 Å². The number of phenols is 1. The van der Waals surface area contributed by atoms with E-state index < -0.39 is 30.5 Å². The van der Waals surface area contributed by atoms with Gasteiger partial charge in [-0.15, -0.1) is 0 Å². The van der Waals surface area contributed by atoms with Crippen molar-refractivity contribution < 1.29 is 27.1 Å². The largest absolute Gasteiger partial charge is 0.507 e. The van der Waals surface area contributed by atoms with Gasteiger partial charge in [0.05, 0.1) is 17.8 Å². The number of aromatic nitrogens is 1. The Balaban J connectivity index is 0.00000176. The van der Waals surface area contributed by atoms with Crippen LogP contribution in [0.3, 0.4) is 0 Å². The Morgan fingerprint density at radius 1 is 1.22 bits per heavy atom. The Labute approximate surface area is 153 Å². The first-order valence-corrected chi connectivity index (χ1v) is 8.05. The van der Waals surface area contributed by atoms with Crippen molar-refractivity contribution in [3.63, 3.8) is 0 Å². The van der Waals surface area contributed by atoms with E-state index in [1.807, 2.05) is 13.8 Å². The van der Waals surface area contributed by atoms with Crippen LogP contribution in [0.2, 0.25) is 0 Å². The number of hydrogen-bond acceptors (Lipinski definition) is 4. The molecule has 27 heavy (non-hydrogen) atoms. The van der Waals surface area contributed by atoms with Crippen molar-refractivity contribution >= 4 is 12.0 Å². The van der Waals surface area contributed by atoms with E-state index in [0.29, 0.717) is 6.07 Å². The molecular weight excluding hydrogens is 369 g/mol. The molecule has 0 fully saturated rings. The van der Waals surface area contributed by atoms with Crippen LogP contribution < -0.4 is 5.73 Å². The predicted octanol–water partition coefficient (Wildman–Crippen LogP) is 5.07. The van der Waals surface area contributed by atoms with Crippen molar-refractivity contribution in [2.45, 2.75) is 33.4 Å². The first-order valence-electron chi connectivity index (χ1n) is 8.05. The highest BCUT2D eigenvalue weighted by Crippen LogP contribution is 2.38. The van der Waals surface area contributed by atoms with Crippen molar-refractivity contribution in [3.8, 4) is 17.0 Å². The minimum absolute atomic E-state index is 0.0470. The summed E-state index contributed by atoms with van der Waals surface area (Å²) in [5.41, 5.74) is 5.46. The Kier molecular flexibility index (Phi) is 7.68. The molecule has 0 amide bonds. The highest BCUT2D eigenvalue weighted by Gasteiger charge is 2.32. The number of alkyl halides is 5. The summed E-state index contributed by atoms with van der Waals surface area (Å²) < 4.78 is 62.4. The minimum atomic E-state index is -4.59. The summed E-state index contributed by atoms with van der Waals surface area (Å²) in [6, 6.07) is 4.35. The van der Waals surface area contributed by atoms with Gasteiger partial charge >= 0.3 is 6.18 Å². The van der Waals surface area contributed by atoms with Crippen LogP contribution in [0.5, 0.6) is 5.75 Å². The van der Waals surface area contributed by atoms with Gasteiger partial charge in [-0.3, -0.25) is 4.99 Å². The molecule has 0 aliphatic rings. The van der Waals surface area contributed by atoms with Crippen molar-refractivity contribution in [2.75, 3.05) is 12.3 Å². The van der Waals surface area contributed by atoms with E-state index in [4.69, 9.17) is 5.73 Å². The molecule has 0 spiro atoms. The lowest BCUT2D eigenvalue weighted by molar-refractivity contribution is -0.137. The molecule has 3 N–H and O–H groups in total. The molecular formula is C18H20F5N3O. The molecule has 2 rings (SSSR count). The first-order chi connectivity index (χ1) is 12.6. The summed E-state index contributed by atoms with van der Waals surface area (Å²) in [4.78, 5) is 7.52. The second-order valence-corrected chi connectivity index (χ2v) is 5.24. The molecule has 9 heteroatoms. The summed E-state index contributed by atoms with van der Waals surface area (Å²) in [7, 11) is 0. The van der Waals surface area contributed by atoms with Gasteiger partial charge in [-0.2, -0.15) is 13.2 Å². The zero-order valence-corrected chi connectivity index (χ0v) is 15.0. The normalized spacial score (nSPS) is 11.6. The highest BCUT2D eigenvalue weighted by molar-refractivity contribution is 5.87. The fourth-order valence-electron chi connectivity index (χ4n) is 2.23. The number of anilines is 1. The maximum Gasteiger partial charge on any atom is 0.416 e. The summed E-state index contributed by atoms with van der Waals surface area (Å²) in [6.07, 6.45) is -6.04. The van der Waals surface area contributed by atoms with Gasteiger partial charge < -0.3 is 10.8 Å². The highest BCUT2D eigenvalue weighted by atomic mass is 19.4. The van der Waals surface area contributed by atoms with E-state index in [1.165, 1.54) is 19.1 Å². The van der Waals surface area contributed by atoms with Crippen LogP contribution in [0, 0.1) is 6.92 Å². The molecule has 0 aliphatic heterocycles. The predicted molar refractivity (Wildman–Crippen MR) is 95.3 cm³/mol. The van der Waals surface area contributed by atoms with Gasteiger partial charge in [0.15, 0.2) is 0 Å². The fourth-order valence-corrected chi connectivity index (χ4v) is 2.23. The van der Waals surface area contributed by atoms with Crippen LogP contribution in [0.4, 0.5) is 27.8 Å². The summed E-state index contributed by atoms with van der Waals surface area (Å²) in [5, 5.41) is 9.96. The minimum Gasteiger partial charge on any atom is -0.507 e. The molecule has 0 unspecified atom stereocenters. The first kappa shape index (κ1) is 22.3. The van der Waals surface area contributed by atoms with E-state index >= 15 is 0 Å². The number of halogens is 5. The van der Waals surface area contributed by atoms with Gasteiger partial charge in [0.1, 0.15) is 11.6 Å². The summed E-state index contributed by atoms with van der Waals surface area (Å²) in [6.45, 7) is 4.72. The van der Waals surface area contributed by atoms with Gasteiger partial charge in [-0.25, -0.2) is 13.8 Å². The Morgan fingerprint density at radius 3 is 2.33 bits per heavy atom. The number of nitrogen functional groups attached to an aromatic ring is 1. The van der Waals surface area contributed by atoms with Crippen molar-refractivity contribution in [3.05, 3.63) is 41.0 Å². The summed E-state index contributed by atoms with van der Waals surface area (Å²) >= 11 is 0. The maximum absolute atomic E-state index is 12.8. The SMILES string of the molecule is CC.Cc1cc(C(F)(F)F)cc(O)c1-c1ccc(C=NCC(F)F)c(N)n1. The van der Waals surface area contributed by atoms with Crippen LogP contribution >= 0.6 is 0 Å². The van der Waals surface area contributed by atoms with Crippen LogP contribution in [-0.4, -0.2) is 29.3 Å². The van der Waals surface area contributed by atoms with Gasteiger partial charge in [0.2, 0.25) is 0 Å². The molecule has 1 aromatic carbocycles. The monoisotopic (exact) mass is 389 g/mol. The molecule has 0 radical (unpaired) electrons. The van der Waals surface area contributed by atoms with E-state index in [9.17, 15) is 27.1 Å². The van der Waals surface area contributed by atoms with E-state index in [0.717, 1.165) is 12.3 Å². The quantitative estimate of drug-likeness (QED) is 0.566. The molecule has 1 aromatic heterocycles. The average molecular weight is 389 g/mol. The Hall–Kier alpha value is -2.71. The second kappa shape index (κ2) is 9.29. The van der Waals surface area contributed by atoms with Crippen molar-refractivity contribution in [1.29, 1.82) is 0 Å². The molecule has 0 bridgehead atoms. The summed E-state index contributed by atoms with van der Waals surface area (Å²) in [5.74, 6) is -0.632. The lowest BCUT2D eigenvalue weighted by Crippen LogP contribution is -2.06. The lowest BCUT2D eigenvalue weighted by atomic mass is 10.00. The lowest BCUT2D eigenvalue weighted by Gasteiger charge is -2.13. The smallest absolute Gasteiger partial charge is 0.416 e. The Morgan fingerprint density at radius 2 is 1.85 bits per heavy atom. The number of pyridine rings is 1. The number of aromatic hydroxyl groups is 1. The number of hydrogen-bond donors (Lipinski definition) is 2. The van der Waals surface area contributed by atoms with Crippen molar-refractivity contribution in [2.24, 2.45) is 4.99 Å². The molecule has 1 heterocycles. The molecule has 0 saturated heterocycles. The molecule has 148 valence electrons. The number of aryl methyl sites for hydroxylation is 1. The molecule has 4 nitrogen and oxygen atoms in total. The molecule has 0 atom stereocenters. The van der Waals surface area contributed by atoms with E-state index in [-0.39, 0.29) is 28.2 Å². The zero-order valence-electron chi connectivity index (χ0n) is 15.0. The third-order valence-electron chi connectivity index (χ3n) is 3.33. The number of aliphatic imine (C=N–C) groups is 1. The standard InChI is InChI=1S/C16H14F5N3O.C2H6/c1-8-4-10(16(19,20)21)5-12(25)14(8)11-3-2-9(15(22)24-11)6-23-7-13(17)18;1-2/h2-6,13,25H,7H2,1H3,(H2,22,24);1-2H3. The van der Waals surface area contributed by atoms with Crippen LogP contribution in [-0.2, 0) is 6.18 Å². The number of benzene rings is 1. The third kappa shape index (κ3) is 5.90. The third-order valence-corrected chi connectivity index (χ3v) is 3.33. The number of nitrogens with two attached hydrogens (primary N) is 1. The number of phenolic OH excluding ortho intramolecular Hbond substituents is 1. The van der Waals surface area contributed by atoms with Gasteiger partial charge in [-0.05, 0) is 36.8 Å². The van der Waals surface area contributed by atoms with Crippen molar-refractivity contribution in [1.82, 2.24) is 4.98 Å². The maximum atomic E-state index is 12.8. The molecule has 2 aromatic rings. The molecule has 0 saturated carbocycles. The van der Waals surface area contributed by atoms with E-state index in [1.54, 1.807) is 0 Å². The van der Waals surface area contributed by atoms with E-state index in [2.05, 4.69) is 9.98 Å². The average Bonchev–Trinajstić information content (AvgIpc) is 2.57. The number of rotatable bonds is 4. The molecule has 0 aliphatic carbocycles. The zero-order chi connectivity index (χ0) is 20.8. The number of nitrogens with zero attached hydrogens (tertiary/aromatic N) is 2. The van der Waals surface area contributed by atoms with Gasteiger partial charge in [0, 0.05) is 17.3 Å². The second-order valence-electron chi connectivity index (χ2n) is 5.24. The van der Waals surface area contributed by atoms with Gasteiger partial charge in [0.25, 0.3) is 6.43 Å². The Bertz CT molecular complexity index is 781.